The van der Waals surface area contributed by atoms with Crippen molar-refractivity contribution in [2.45, 2.75) is 57.4 Å². The molecule has 1 aromatic rings. The quantitative estimate of drug-likeness (QED) is 0.552. The fourth-order valence-electron chi connectivity index (χ4n) is 6.03. The Labute approximate surface area is 188 Å². The van der Waals surface area contributed by atoms with Gasteiger partial charge in [0.15, 0.2) is 0 Å². The predicted molar refractivity (Wildman–Crippen MR) is 117 cm³/mol. The van der Waals surface area contributed by atoms with Crippen LogP contribution in [0, 0.1) is 17.8 Å². The molecule has 3 fully saturated rings. The van der Waals surface area contributed by atoms with E-state index in [1.54, 1.807) is 0 Å². The van der Waals surface area contributed by atoms with Gasteiger partial charge in [0.05, 0.1) is 24.0 Å². The molecule has 3 N–H and O–H groups in total. The summed E-state index contributed by atoms with van der Waals surface area (Å²) in [5, 5.41) is 15.5. The van der Waals surface area contributed by atoms with Gasteiger partial charge in [-0.2, -0.15) is 0 Å². The lowest BCUT2D eigenvalue weighted by atomic mass is 9.62. The Hall–Kier alpha value is -2.45. The maximum atomic E-state index is 13.6. The second-order valence-electron chi connectivity index (χ2n) is 9.45. The third-order valence-electron chi connectivity index (χ3n) is 7.55. The van der Waals surface area contributed by atoms with Crippen LogP contribution in [0.4, 0.5) is 0 Å². The standard InChI is InChI=1S/C24H33N3O5/c1-4-10-25-20(29)17-18-22(31)27(11-12-28)19(24(18)13-15(2)23(17,3)32-24)21(30)26-14-16-8-6-5-7-9-16/h5-9,15,17-19,28H,4,10-14H2,1-3H3,(H,25,29)(H,26,30)/t15?,17-,18+,19?,23+,24?/m1/s1. The Morgan fingerprint density at radius 2 is 1.94 bits per heavy atom. The number of nitrogens with one attached hydrogen (secondary N) is 2. The van der Waals surface area contributed by atoms with E-state index in [9.17, 15) is 19.5 Å². The zero-order chi connectivity index (χ0) is 23.1. The lowest BCUT2D eigenvalue weighted by Gasteiger charge is -2.36. The van der Waals surface area contributed by atoms with Crippen molar-refractivity contribution in [2.75, 3.05) is 19.7 Å². The number of hydrogen-bond donors (Lipinski definition) is 3. The molecule has 1 spiro atoms. The van der Waals surface area contributed by atoms with Crippen molar-refractivity contribution >= 4 is 17.7 Å². The summed E-state index contributed by atoms with van der Waals surface area (Å²) in [6, 6.07) is 8.66. The number of carbonyl (C=O) groups excluding carboxylic acids is 3. The number of benzene rings is 1. The second-order valence-corrected chi connectivity index (χ2v) is 9.45. The van der Waals surface area contributed by atoms with Gasteiger partial charge in [0.1, 0.15) is 11.6 Å². The Kier molecular flexibility index (Phi) is 6.02. The summed E-state index contributed by atoms with van der Waals surface area (Å²) in [7, 11) is 0. The van der Waals surface area contributed by atoms with E-state index in [4.69, 9.17) is 4.74 Å². The zero-order valence-corrected chi connectivity index (χ0v) is 19.0. The SMILES string of the molecule is CCCNC(=O)[C@H]1[C@H]2C(=O)N(CCO)C(C(=O)NCc3ccccc3)C23CC(C)[C@]1(C)O3. The summed E-state index contributed by atoms with van der Waals surface area (Å²) in [4.78, 5) is 41.6. The minimum atomic E-state index is -1.07. The molecule has 174 valence electrons. The molecule has 2 bridgehead atoms. The highest BCUT2D eigenvalue weighted by Crippen LogP contribution is 2.65. The van der Waals surface area contributed by atoms with Crippen LogP contribution in [0.5, 0.6) is 0 Å². The molecule has 3 unspecified atom stereocenters. The van der Waals surface area contributed by atoms with Gasteiger partial charge in [-0.25, -0.2) is 0 Å². The van der Waals surface area contributed by atoms with Gasteiger partial charge in [-0.15, -0.1) is 0 Å². The highest BCUT2D eigenvalue weighted by atomic mass is 16.5. The molecule has 32 heavy (non-hydrogen) atoms. The number of fused-ring (bicyclic) bond motifs is 1. The number of β-amino-alcohol motifs (C(OH)–C–C–N with tert-alkyl or cyclic N) is 1. The minimum absolute atomic E-state index is 0.00225. The van der Waals surface area contributed by atoms with Crippen molar-refractivity contribution in [3.05, 3.63) is 35.9 Å². The van der Waals surface area contributed by atoms with Crippen LogP contribution in [0.2, 0.25) is 0 Å². The van der Waals surface area contributed by atoms with Gasteiger partial charge in [-0.05, 0) is 31.2 Å². The van der Waals surface area contributed by atoms with E-state index < -0.39 is 29.1 Å². The van der Waals surface area contributed by atoms with Gasteiger partial charge in [-0.1, -0.05) is 44.2 Å². The third-order valence-corrected chi connectivity index (χ3v) is 7.55. The molecule has 1 aromatic carbocycles. The number of ether oxygens (including phenoxy) is 1. The van der Waals surface area contributed by atoms with E-state index in [1.165, 1.54) is 4.90 Å². The van der Waals surface area contributed by atoms with Crippen LogP contribution in [-0.4, -0.2) is 64.7 Å². The third kappa shape index (κ3) is 3.31. The summed E-state index contributed by atoms with van der Waals surface area (Å²) >= 11 is 0. The van der Waals surface area contributed by atoms with Gasteiger partial charge in [-0.3, -0.25) is 14.4 Å². The first-order chi connectivity index (χ1) is 15.3. The van der Waals surface area contributed by atoms with E-state index in [2.05, 4.69) is 10.6 Å². The van der Waals surface area contributed by atoms with Crippen molar-refractivity contribution in [3.8, 4) is 0 Å². The van der Waals surface area contributed by atoms with Crippen molar-refractivity contribution in [1.82, 2.24) is 15.5 Å². The number of amides is 3. The molecular weight excluding hydrogens is 410 g/mol. The number of aliphatic hydroxyl groups excluding tert-OH is 1. The van der Waals surface area contributed by atoms with Crippen LogP contribution in [0.3, 0.4) is 0 Å². The largest absolute Gasteiger partial charge is 0.395 e. The van der Waals surface area contributed by atoms with E-state index in [0.717, 1.165) is 12.0 Å². The summed E-state index contributed by atoms with van der Waals surface area (Å²) < 4.78 is 6.56. The van der Waals surface area contributed by atoms with E-state index >= 15 is 0 Å². The van der Waals surface area contributed by atoms with Gasteiger partial charge in [0.25, 0.3) is 0 Å². The number of likely N-dealkylation sites (tertiary alicyclic amines) is 1. The maximum Gasteiger partial charge on any atom is 0.246 e. The number of hydrogen-bond acceptors (Lipinski definition) is 5. The van der Waals surface area contributed by atoms with Crippen molar-refractivity contribution in [1.29, 1.82) is 0 Å². The average molecular weight is 444 g/mol. The molecule has 3 amide bonds. The molecule has 0 aromatic heterocycles. The molecule has 3 saturated heterocycles. The smallest absolute Gasteiger partial charge is 0.246 e. The van der Waals surface area contributed by atoms with Gasteiger partial charge >= 0.3 is 0 Å². The first-order valence-electron chi connectivity index (χ1n) is 11.5. The molecule has 3 heterocycles. The normalized spacial score (nSPS) is 35.1. The zero-order valence-electron chi connectivity index (χ0n) is 19.0. The minimum Gasteiger partial charge on any atom is -0.395 e. The van der Waals surface area contributed by atoms with Crippen LogP contribution < -0.4 is 10.6 Å². The summed E-state index contributed by atoms with van der Waals surface area (Å²) in [5.74, 6) is -2.20. The first kappa shape index (κ1) is 22.7. The number of nitrogens with zero attached hydrogens (tertiary/aromatic N) is 1. The lowest BCUT2D eigenvalue weighted by molar-refractivity contribution is -0.148. The fourth-order valence-corrected chi connectivity index (χ4v) is 6.03. The van der Waals surface area contributed by atoms with Crippen LogP contribution in [0.1, 0.15) is 39.2 Å². The molecule has 0 aliphatic carbocycles. The lowest BCUT2D eigenvalue weighted by Crippen LogP contribution is -2.56. The van der Waals surface area contributed by atoms with E-state index in [0.29, 0.717) is 19.5 Å². The van der Waals surface area contributed by atoms with Gasteiger partial charge < -0.3 is 25.4 Å². The van der Waals surface area contributed by atoms with Crippen LogP contribution in [0.25, 0.3) is 0 Å². The number of rotatable bonds is 8. The van der Waals surface area contributed by atoms with Crippen LogP contribution in [0.15, 0.2) is 30.3 Å². The first-order valence-corrected chi connectivity index (χ1v) is 11.5. The van der Waals surface area contributed by atoms with Crippen molar-refractivity contribution in [3.63, 3.8) is 0 Å². The monoisotopic (exact) mass is 443 g/mol. The van der Waals surface area contributed by atoms with Crippen LogP contribution >= 0.6 is 0 Å². The van der Waals surface area contributed by atoms with E-state index in [-0.39, 0.29) is 36.8 Å². The van der Waals surface area contributed by atoms with Crippen LogP contribution in [-0.2, 0) is 25.7 Å². The van der Waals surface area contributed by atoms with Gasteiger partial charge in [0, 0.05) is 19.6 Å². The predicted octanol–water partition coefficient (Wildman–Crippen LogP) is 0.832. The average Bonchev–Trinajstić information content (AvgIpc) is 3.28. The fraction of sp³-hybridized carbons (Fsp3) is 0.625. The topological polar surface area (TPSA) is 108 Å². The van der Waals surface area contributed by atoms with Crippen molar-refractivity contribution in [2.24, 2.45) is 17.8 Å². The Morgan fingerprint density at radius 3 is 2.59 bits per heavy atom. The second kappa shape index (κ2) is 8.48. The summed E-state index contributed by atoms with van der Waals surface area (Å²) in [6.07, 6.45) is 1.30. The number of aliphatic hydroxyl groups is 1. The summed E-state index contributed by atoms with van der Waals surface area (Å²) in [6.45, 7) is 6.49. The number of carbonyl (C=O) groups is 3. The Bertz CT molecular complexity index is 893. The molecule has 8 heteroatoms. The van der Waals surface area contributed by atoms with Crippen molar-refractivity contribution < 1.29 is 24.2 Å². The molecule has 6 atom stereocenters. The molecule has 0 radical (unpaired) electrons. The highest BCUT2D eigenvalue weighted by Gasteiger charge is 2.79. The van der Waals surface area contributed by atoms with E-state index in [1.807, 2.05) is 51.1 Å². The molecule has 3 aliphatic heterocycles. The molecule has 0 saturated carbocycles. The van der Waals surface area contributed by atoms with Gasteiger partial charge in [0.2, 0.25) is 17.7 Å². The molecule has 4 rings (SSSR count). The molecular formula is C24H33N3O5. The Balaban J connectivity index is 1.67. The molecule has 3 aliphatic rings. The molecule has 8 nitrogen and oxygen atoms in total. The highest BCUT2D eigenvalue weighted by molar-refractivity contribution is 5.99. The maximum absolute atomic E-state index is 13.6. The summed E-state index contributed by atoms with van der Waals surface area (Å²) in [5.41, 5.74) is -0.946. The Morgan fingerprint density at radius 1 is 1.22 bits per heavy atom.